The van der Waals surface area contributed by atoms with Crippen molar-refractivity contribution in [3.63, 3.8) is 0 Å². The van der Waals surface area contributed by atoms with Crippen molar-refractivity contribution in [2.45, 2.75) is 43.5 Å². The van der Waals surface area contributed by atoms with Gasteiger partial charge >= 0.3 is 0 Å². The summed E-state index contributed by atoms with van der Waals surface area (Å²) in [7, 11) is -3.90. The SMILES string of the molecule is CC(Nc1ccc(S(N)(=O)=O)cc1C(N)=O)c1ccc2c(c1)CCCC2. The largest absolute Gasteiger partial charge is 0.378 e. The Morgan fingerprint density at radius 3 is 2.42 bits per heavy atom. The molecule has 1 atom stereocenters. The number of sulfonamides is 1. The number of hydrogen-bond donors (Lipinski definition) is 3. The number of rotatable bonds is 5. The molecule has 0 aliphatic heterocycles. The normalized spacial score (nSPS) is 15.2. The maximum absolute atomic E-state index is 11.8. The second kappa shape index (κ2) is 7.09. The molecule has 0 spiro atoms. The third kappa shape index (κ3) is 3.89. The number of primary sulfonamides is 1. The fourth-order valence-electron chi connectivity index (χ4n) is 3.37. The van der Waals surface area contributed by atoms with E-state index in [9.17, 15) is 13.2 Å². The van der Waals surface area contributed by atoms with E-state index < -0.39 is 15.9 Å². The highest BCUT2D eigenvalue weighted by atomic mass is 32.2. The molecule has 1 aliphatic rings. The standard InChI is InChI=1S/C19H23N3O3S/c1-12(14-7-6-13-4-2-3-5-15(13)10-14)22-18-9-8-16(26(21,24)25)11-17(18)19(20)23/h6-12,22H,2-5H2,1H3,(H2,20,23)(H2,21,24,25). The molecule has 0 saturated carbocycles. The molecular formula is C19H23N3O3S. The van der Waals surface area contributed by atoms with Crippen molar-refractivity contribution in [1.82, 2.24) is 0 Å². The van der Waals surface area contributed by atoms with Gasteiger partial charge in [-0.2, -0.15) is 0 Å². The highest BCUT2D eigenvalue weighted by Gasteiger charge is 2.17. The van der Waals surface area contributed by atoms with Gasteiger partial charge in [-0.1, -0.05) is 18.2 Å². The van der Waals surface area contributed by atoms with Gasteiger partial charge < -0.3 is 11.1 Å². The van der Waals surface area contributed by atoms with E-state index in [1.165, 1.54) is 42.2 Å². The Kier molecular flexibility index (Phi) is 5.02. The van der Waals surface area contributed by atoms with E-state index in [1.54, 1.807) is 0 Å². The summed E-state index contributed by atoms with van der Waals surface area (Å²) in [5.74, 6) is -0.712. The topological polar surface area (TPSA) is 115 Å². The maximum Gasteiger partial charge on any atom is 0.250 e. The van der Waals surface area contributed by atoms with Crippen LogP contribution in [0.4, 0.5) is 5.69 Å². The molecule has 6 nitrogen and oxygen atoms in total. The molecule has 1 aliphatic carbocycles. The number of nitrogens with two attached hydrogens (primary N) is 2. The van der Waals surface area contributed by atoms with Gasteiger partial charge in [-0.05, 0) is 67.5 Å². The molecule has 0 heterocycles. The maximum atomic E-state index is 11.8. The number of aryl methyl sites for hydroxylation is 2. The van der Waals surface area contributed by atoms with Gasteiger partial charge in [-0.25, -0.2) is 13.6 Å². The van der Waals surface area contributed by atoms with Crippen molar-refractivity contribution in [2.24, 2.45) is 10.9 Å². The average Bonchev–Trinajstić information content (AvgIpc) is 2.60. The van der Waals surface area contributed by atoms with Crippen LogP contribution in [-0.4, -0.2) is 14.3 Å². The molecule has 26 heavy (non-hydrogen) atoms. The lowest BCUT2D eigenvalue weighted by Crippen LogP contribution is -2.19. The van der Waals surface area contributed by atoms with Crippen molar-refractivity contribution in [3.8, 4) is 0 Å². The highest BCUT2D eigenvalue weighted by Crippen LogP contribution is 2.28. The lowest BCUT2D eigenvalue weighted by Gasteiger charge is -2.21. The van der Waals surface area contributed by atoms with Crippen LogP contribution in [0, 0.1) is 0 Å². The van der Waals surface area contributed by atoms with E-state index >= 15 is 0 Å². The summed E-state index contributed by atoms with van der Waals surface area (Å²) in [6.07, 6.45) is 4.65. The molecule has 1 unspecified atom stereocenters. The van der Waals surface area contributed by atoms with Crippen LogP contribution in [-0.2, 0) is 22.9 Å². The quantitative estimate of drug-likeness (QED) is 0.746. The zero-order chi connectivity index (χ0) is 18.9. The van der Waals surface area contributed by atoms with Crippen molar-refractivity contribution in [3.05, 3.63) is 58.7 Å². The van der Waals surface area contributed by atoms with E-state index in [0.29, 0.717) is 5.69 Å². The van der Waals surface area contributed by atoms with Crippen LogP contribution < -0.4 is 16.2 Å². The van der Waals surface area contributed by atoms with E-state index in [-0.39, 0.29) is 16.5 Å². The first-order valence-electron chi connectivity index (χ1n) is 8.60. The van der Waals surface area contributed by atoms with Crippen LogP contribution in [0.5, 0.6) is 0 Å². The molecule has 1 amide bonds. The lowest BCUT2D eigenvalue weighted by atomic mass is 9.89. The van der Waals surface area contributed by atoms with Gasteiger partial charge in [0.1, 0.15) is 0 Å². The summed E-state index contributed by atoms with van der Waals surface area (Å²) in [4.78, 5) is 11.6. The van der Waals surface area contributed by atoms with E-state index in [0.717, 1.165) is 18.4 Å². The first-order valence-corrected chi connectivity index (χ1v) is 10.2. The van der Waals surface area contributed by atoms with Gasteiger partial charge in [0.25, 0.3) is 5.91 Å². The Morgan fingerprint density at radius 2 is 1.77 bits per heavy atom. The summed E-state index contributed by atoms with van der Waals surface area (Å²) in [5, 5.41) is 8.39. The Hall–Kier alpha value is -2.38. The van der Waals surface area contributed by atoms with Gasteiger partial charge in [0, 0.05) is 11.7 Å². The molecule has 0 radical (unpaired) electrons. The van der Waals surface area contributed by atoms with Crippen LogP contribution >= 0.6 is 0 Å². The van der Waals surface area contributed by atoms with Crippen LogP contribution in [0.2, 0.25) is 0 Å². The number of anilines is 1. The second-order valence-corrected chi connectivity index (χ2v) is 8.28. The summed E-state index contributed by atoms with van der Waals surface area (Å²) >= 11 is 0. The molecule has 0 aromatic heterocycles. The summed E-state index contributed by atoms with van der Waals surface area (Å²) in [6, 6.07) is 10.5. The van der Waals surface area contributed by atoms with Gasteiger partial charge in [-0.3, -0.25) is 4.79 Å². The predicted molar refractivity (Wildman–Crippen MR) is 101 cm³/mol. The highest BCUT2D eigenvalue weighted by molar-refractivity contribution is 7.89. The smallest absolute Gasteiger partial charge is 0.250 e. The van der Waals surface area contributed by atoms with Crippen molar-refractivity contribution >= 4 is 21.6 Å². The third-order valence-corrected chi connectivity index (χ3v) is 5.74. The Morgan fingerprint density at radius 1 is 1.08 bits per heavy atom. The molecule has 0 fully saturated rings. The van der Waals surface area contributed by atoms with Gasteiger partial charge in [-0.15, -0.1) is 0 Å². The van der Waals surface area contributed by atoms with Gasteiger partial charge in [0.15, 0.2) is 0 Å². The summed E-state index contributed by atoms with van der Waals surface area (Å²) in [5.41, 5.74) is 9.89. The summed E-state index contributed by atoms with van der Waals surface area (Å²) < 4.78 is 23.0. The lowest BCUT2D eigenvalue weighted by molar-refractivity contribution is 0.100. The van der Waals surface area contributed by atoms with Crippen molar-refractivity contribution in [1.29, 1.82) is 0 Å². The molecule has 3 rings (SSSR count). The number of carbonyl (C=O) groups is 1. The van der Waals surface area contributed by atoms with Gasteiger partial charge in [0.2, 0.25) is 10.0 Å². The Labute approximate surface area is 153 Å². The number of nitrogens with one attached hydrogen (secondary N) is 1. The Bertz CT molecular complexity index is 954. The third-order valence-electron chi connectivity index (χ3n) is 4.83. The first kappa shape index (κ1) is 18.4. The molecular weight excluding hydrogens is 350 g/mol. The molecule has 0 bridgehead atoms. The van der Waals surface area contributed by atoms with E-state index in [4.69, 9.17) is 10.9 Å². The molecule has 0 saturated heterocycles. The van der Waals surface area contributed by atoms with E-state index in [1.807, 2.05) is 6.92 Å². The molecule has 5 N–H and O–H groups in total. The fraction of sp³-hybridized carbons (Fsp3) is 0.316. The molecule has 138 valence electrons. The molecule has 2 aromatic rings. The number of fused-ring (bicyclic) bond motifs is 1. The zero-order valence-corrected chi connectivity index (χ0v) is 15.5. The molecule has 2 aromatic carbocycles. The number of amides is 1. The minimum absolute atomic E-state index is 0.0688. The van der Waals surface area contributed by atoms with Gasteiger partial charge in [0.05, 0.1) is 10.5 Å². The van der Waals surface area contributed by atoms with Crippen LogP contribution in [0.15, 0.2) is 41.3 Å². The molecule has 7 heteroatoms. The van der Waals surface area contributed by atoms with Crippen molar-refractivity contribution in [2.75, 3.05) is 5.32 Å². The van der Waals surface area contributed by atoms with Crippen LogP contribution in [0.1, 0.15) is 52.9 Å². The number of carbonyl (C=O) groups excluding carboxylic acids is 1. The van der Waals surface area contributed by atoms with E-state index in [2.05, 4.69) is 23.5 Å². The number of primary amides is 1. The van der Waals surface area contributed by atoms with Crippen LogP contribution in [0.3, 0.4) is 0 Å². The second-order valence-electron chi connectivity index (χ2n) is 6.72. The predicted octanol–water partition coefficient (Wildman–Crippen LogP) is 2.48. The monoisotopic (exact) mass is 373 g/mol. The van der Waals surface area contributed by atoms with Crippen molar-refractivity contribution < 1.29 is 13.2 Å². The number of benzene rings is 2. The summed E-state index contributed by atoms with van der Waals surface area (Å²) in [6.45, 7) is 1.99. The minimum atomic E-state index is -3.90. The number of hydrogen-bond acceptors (Lipinski definition) is 4. The first-order chi connectivity index (χ1) is 12.3. The fourth-order valence-corrected chi connectivity index (χ4v) is 3.91. The Balaban J connectivity index is 1.89. The zero-order valence-electron chi connectivity index (χ0n) is 14.7. The average molecular weight is 373 g/mol. The minimum Gasteiger partial charge on any atom is -0.378 e. The van der Waals surface area contributed by atoms with Crippen LogP contribution in [0.25, 0.3) is 0 Å².